The number of hydrogen-bond donors (Lipinski definition) is 3. The molecule has 0 radical (unpaired) electrons. The summed E-state index contributed by atoms with van der Waals surface area (Å²) >= 11 is 0. The number of nitrogens with one attached hydrogen (secondary N) is 2. The molecule has 2 aromatic rings. The minimum atomic E-state index is -0.282. The summed E-state index contributed by atoms with van der Waals surface area (Å²) in [7, 11) is 0. The number of nitrogens with two attached hydrogens (primary N) is 1. The van der Waals surface area contributed by atoms with Gasteiger partial charge in [-0.05, 0) is 73.2 Å². The highest BCUT2D eigenvalue weighted by Crippen LogP contribution is 2.40. The first-order chi connectivity index (χ1) is 13.7. The number of primary amides is 1. The largest absolute Gasteiger partial charge is 0.366 e. The topological polar surface area (TPSA) is 67.1 Å². The van der Waals surface area contributed by atoms with Gasteiger partial charge in [0.25, 0.3) is 0 Å². The molecule has 0 bridgehead atoms. The number of carbonyl (C=O) groups excluding carboxylic acids is 1. The first-order valence-corrected chi connectivity index (χ1v) is 11.0. The molecule has 0 aliphatic carbocycles. The zero-order valence-corrected chi connectivity index (χ0v) is 17.0. The Balaban J connectivity index is 1.98. The summed E-state index contributed by atoms with van der Waals surface area (Å²) in [6, 6.07) is 8.96. The quantitative estimate of drug-likeness (QED) is 0.727. The standard InChI is InChI=1S/C24H33N3O/c1-16-17-10-6-7-11-18(17)22(20-13-5-3-9-15-27-20)23(24(25)28)21(16)19-12-4-2-8-14-26-19/h6-7,10-11,19-20,26-27H,2-5,8-9,12-15H2,1H3,(H2,25,28). The molecule has 150 valence electrons. The summed E-state index contributed by atoms with van der Waals surface area (Å²) in [5.74, 6) is -0.282. The minimum Gasteiger partial charge on any atom is -0.366 e. The Labute approximate surface area is 168 Å². The Morgan fingerprint density at radius 3 is 2.04 bits per heavy atom. The number of aryl methyl sites for hydroxylation is 1. The van der Waals surface area contributed by atoms with Crippen molar-refractivity contribution in [1.82, 2.24) is 10.6 Å². The van der Waals surface area contributed by atoms with Crippen LogP contribution in [0.3, 0.4) is 0 Å². The zero-order chi connectivity index (χ0) is 19.5. The van der Waals surface area contributed by atoms with E-state index >= 15 is 0 Å². The lowest BCUT2D eigenvalue weighted by Crippen LogP contribution is -2.30. The lowest BCUT2D eigenvalue weighted by Gasteiger charge is -2.29. The molecule has 28 heavy (non-hydrogen) atoms. The van der Waals surface area contributed by atoms with Gasteiger partial charge in [-0.3, -0.25) is 4.79 Å². The Morgan fingerprint density at radius 2 is 1.43 bits per heavy atom. The fourth-order valence-corrected chi connectivity index (χ4v) is 5.27. The number of hydrogen-bond acceptors (Lipinski definition) is 3. The average Bonchev–Trinajstić information content (AvgIpc) is 3.13. The summed E-state index contributed by atoms with van der Waals surface area (Å²) in [6.07, 6.45) is 9.40. The molecule has 4 heteroatoms. The van der Waals surface area contributed by atoms with Gasteiger partial charge in [-0.15, -0.1) is 0 Å². The third-order valence-corrected chi connectivity index (χ3v) is 6.63. The predicted molar refractivity (Wildman–Crippen MR) is 116 cm³/mol. The first-order valence-electron chi connectivity index (χ1n) is 11.0. The van der Waals surface area contributed by atoms with Crippen LogP contribution in [0, 0.1) is 6.92 Å². The maximum Gasteiger partial charge on any atom is 0.249 e. The molecule has 1 amide bonds. The Bertz CT molecular complexity index is 845. The molecular formula is C24H33N3O. The molecule has 4 N–H and O–H groups in total. The van der Waals surface area contributed by atoms with Crippen molar-refractivity contribution in [3.05, 3.63) is 46.5 Å². The maximum atomic E-state index is 12.9. The molecule has 2 aromatic carbocycles. The van der Waals surface area contributed by atoms with Gasteiger partial charge in [0.15, 0.2) is 0 Å². The van der Waals surface area contributed by atoms with E-state index in [0.29, 0.717) is 0 Å². The van der Waals surface area contributed by atoms with Gasteiger partial charge in [0.1, 0.15) is 0 Å². The van der Waals surface area contributed by atoms with E-state index in [9.17, 15) is 4.79 Å². The van der Waals surface area contributed by atoms with Crippen molar-refractivity contribution in [3.8, 4) is 0 Å². The highest BCUT2D eigenvalue weighted by atomic mass is 16.1. The molecule has 2 heterocycles. The smallest absolute Gasteiger partial charge is 0.249 e. The fourth-order valence-electron chi connectivity index (χ4n) is 5.27. The predicted octanol–water partition coefficient (Wildman–Crippen LogP) is 4.66. The SMILES string of the molecule is Cc1c(C2CCCCCN2)c(C(N)=O)c(C2CCCCCN2)c2ccccc12. The van der Waals surface area contributed by atoms with Crippen molar-refractivity contribution in [1.29, 1.82) is 0 Å². The second kappa shape index (κ2) is 8.62. The van der Waals surface area contributed by atoms with Crippen molar-refractivity contribution < 1.29 is 4.79 Å². The molecule has 0 aromatic heterocycles. The summed E-state index contributed by atoms with van der Waals surface area (Å²) in [5.41, 5.74) is 10.3. The van der Waals surface area contributed by atoms with E-state index in [1.54, 1.807) is 0 Å². The third-order valence-electron chi connectivity index (χ3n) is 6.63. The van der Waals surface area contributed by atoms with Crippen LogP contribution in [-0.4, -0.2) is 19.0 Å². The minimum absolute atomic E-state index is 0.194. The lowest BCUT2D eigenvalue weighted by atomic mass is 9.81. The van der Waals surface area contributed by atoms with E-state index in [2.05, 4.69) is 41.8 Å². The van der Waals surface area contributed by atoms with Gasteiger partial charge in [0, 0.05) is 17.6 Å². The molecule has 2 unspecified atom stereocenters. The van der Waals surface area contributed by atoms with Crippen LogP contribution in [0.15, 0.2) is 24.3 Å². The Kier molecular flexibility index (Phi) is 5.98. The van der Waals surface area contributed by atoms with Crippen LogP contribution in [0.2, 0.25) is 0 Å². The second-order valence-electron chi connectivity index (χ2n) is 8.45. The number of amides is 1. The zero-order valence-electron chi connectivity index (χ0n) is 17.0. The Hall–Kier alpha value is -1.91. The van der Waals surface area contributed by atoms with Crippen LogP contribution in [0.25, 0.3) is 10.8 Å². The fraction of sp³-hybridized carbons (Fsp3) is 0.542. The van der Waals surface area contributed by atoms with Crippen LogP contribution in [0.1, 0.15) is 90.5 Å². The van der Waals surface area contributed by atoms with Crippen LogP contribution >= 0.6 is 0 Å². The van der Waals surface area contributed by atoms with Gasteiger partial charge in [0.2, 0.25) is 5.91 Å². The van der Waals surface area contributed by atoms with E-state index in [1.807, 2.05) is 0 Å². The van der Waals surface area contributed by atoms with Crippen LogP contribution in [0.5, 0.6) is 0 Å². The van der Waals surface area contributed by atoms with E-state index < -0.39 is 0 Å². The summed E-state index contributed by atoms with van der Waals surface area (Å²) in [6.45, 7) is 4.18. The van der Waals surface area contributed by atoms with Crippen molar-refractivity contribution >= 4 is 16.7 Å². The van der Waals surface area contributed by atoms with Crippen LogP contribution in [0.4, 0.5) is 0 Å². The first kappa shape index (κ1) is 19.4. The third kappa shape index (κ3) is 3.68. The van der Waals surface area contributed by atoms with Crippen molar-refractivity contribution in [2.75, 3.05) is 13.1 Å². The molecule has 2 fully saturated rings. The van der Waals surface area contributed by atoms with E-state index in [1.165, 1.54) is 54.9 Å². The lowest BCUT2D eigenvalue weighted by molar-refractivity contribution is 0.0997. The second-order valence-corrected chi connectivity index (χ2v) is 8.45. The highest BCUT2D eigenvalue weighted by Gasteiger charge is 2.30. The van der Waals surface area contributed by atoms with Crippen LogP contribution < -0.4 is 16.4 Å². The molecule has 2 atom stereocenters. The summed E-state index contributed by atoms with van der Waals surface area (Å²) < 4.78 is 0. The monoisotopic (exact) mass is 379 g/mol. The molecule has 0 spiro atoms. The average molecular weight is 380 g/mol. The van der Waals surface area contributed by atoms with Crippen molar-refractivity contribution in [3.63, 3.8) is 0 Å². The van der Waals surface area contributed by atoms with E-state index in [4.69, 9.17) is 5.73 Å². The van der Waals surface area contributed by atoms with Gasteiger partial charge < -0.3 is 16.4 Å². The molecule has 4 nitrogen and oxygen atoms in total. The van der Waals surface area contributed by atoms with Crippen molar-refractivity contribution in [2.45, 2.75) is 70.4 Å². The molecule has 2 aliphatic rings. The van der Waals surface area contributed by atoms with Gasteiger partial charge >= 0.3 is 0 Å². The normalized spacial score (nSPS) is 23.9. The molecule has 0 saturated carbocycles. The number of rotatable bonds is 3. The van der Waals surface area contributed by atoms with E-state index in [0.717, 1.165) is 42.6 Å². The van der Waals surface area contributed by atoms with Crippen molar-refractivity contribution in [2.24, 2.45) is 5.73 Å². The highest BCUT2D eigenvalue weighted by molar-refractivity contribution is 6.04. The number of fused-ring (bicyclic) bond motifs is 1. The molecular weight excluding hydrogens is 346 g/mol. The van der Waals surface area contributed by atoms with Gasteiger partial charge in [-0.25, -0.2) is 0 Å². The summed E-state index contributed by atoms with van der Waals surface area (Å²) in [5, 5.41) is 9.88. The summed E-state index contributed by atoms with van der Waals surface area (Å²) in [4.78, 5) is 12.9. The molecule has 2 saturated heterocycles. The van der Waals surface area contributed by atoms with E-state index in [-0.39, 0.29) is 18.0 Å². The molecule has 2 aliphatic heterocycles. The molecule has 4 rings (SSSR count). The van der Waals surface area contributed by atoms with Gasteiger partial charge in [-0.1, -0.05) is 49.9 Å². The number of carbonyl (C=O) groups is 1. The maximum absolute atomic E-state index is 12.9. The van der Waals surface area contributed by atoms with Gasteiger partial charge in [0.05, 0.1) is 0 Å². The number of benzene rings is 2. The van der Waals surface area contributed by atoms with Crippen LogP contribution in [-0.2, 0) is 0 Å². The van der Waals surface area contributed by atoms with Gasteiger partial charge in [-0.2, -0.15) is 0 Å². The Morgan fingerprint density at radius 1 is 0.857 bits per heavy atom.